The minimum Gasteiger partial charge on any atom is -0.481 e. The predicted molar refractivity (Wildman–Crippen MR) is 34.5 cm³/mol. The third kappa shape index (κ3) is 1.35. The molecule has 0 aromatic rings. The molecule has 3 heteroatoms. The van der Waals surface area contributed by atoms with Gasteiger partial charge in [-0.1, -0.05) is 0 Å². The molecule has 3 nitrogen and oxygen atoms in total. The second-order valence-electron chi connectivity index (χ2n) is 2.74. The van der Waals surface area contributed by atoms with Gasteiger partial charge in [0.1, 0.15) is 6.29 Å². The maximum Gasteiger partial charge on any atom is 0.303 e. The van der Waals surface area contributed by atoms with Crippen molar-refractivity contribution in [2.24, 2.45) is 11.8 Å². The zero-order valence-corrected chi connectivity index (χ0v) is 5.62. The molecule has 10 heavy (non-hydrogen) atoms. The number of rotatable bonds is 3. The van der Waals surface area contributed by atoms with Crippen molar-refractivity contribution >= 4 is 12.3 Å². The Bertz CT molecular complexity index is 153. The minimum atomic E-state index is -0.795. The van der Waals surface area contributed by atoms with Crippen LogP contribution in [0.2, 0.25) is 0 Å². The molecule has 1 N–H and O–H groups in total. The van der Waals surface area contributed by atoms with Gasteiger partial charge >= 0.3 is 5.97 Å². The number of carboxylic acids is 1. The summed E-state index contributed by atoms with van der Waals surface area (Å²) < 4.78 is 0. The van der Waals surface area contributed by atoms with Gasteiger partial charge in [-0.15, -0.1) is 0 Å². The second-order valence-corrected chi connectivity index (χ2v) is 2.74. The highest BCUT2D eigenvalue weighted by atomic mass is 16.4. The van der Waals surface area contributed by atoms with Crippen LogP contribution in [0.25, 0.3) is 0 Å². The molecule has 0 aromatic heterocycles. The van der Waals surface area contributed by atoms with Gasteiger partial charge < -0.3 is 9.90 Å². The number of aliphatic carboxylic acids is 1. The summed E-state index contributed by atoms with van der Waals surface area (Å²) in [5.41, 5.74) is 0. The van der Waals surface area contributed by atoms with Gasteiger partial charge in [-0.3, -0.25) is 4.79 Å². The van der Waals surface area contributed by atoms with E-state index in [1.54, 1.807) is 0 Å². The molecule has 0 aromatic carbocycles. The maximum atomic E-state index is 10.2. The highest BCUT2D eigenvalue weighted by Gasteiger charge is 2.31. The van der Waals surface area contributed by atoms with Crippen molar-refractivity contribution in [3.8, 4) is 0 Å². The Morgan fingerprint density at radius 3 is 2.60 bits per heavy atom. The number of carbonyl (C=O) groups excluding carboxylic acids is 1. The van der Waals surface area contributed by atoms with Crippen molar-refractivity contribution < 1.29 is 14.7 Å². The highest BCUT2D eigenvalue weighted by Crippen LogP contribution is 2.34. The fraction of sp³-hybridized carbons (Fsp3) is 0.714. The monoisotopic (exact) mass is 142 g/mol. The summed E-state index contributed by atoms with van der Waals surface area (Å²) >= 11 is 0. The third-order valence-corrected chi connectivity index (χ3v) is 2.09. The Kier molecular flexibility index (Phi) is 2.04. The largest absolute Gasteiger partial charge is 0.481 e. The normalized spacial score (nSPS) is 30.8. The molecular formula is C7H10O3. The third-order valence-electron chi connectivity index (χ3n) is 2.09. The molecule has 1 fully saturated rings. The molecule has 2 unspecified atom stereocenters. The van der Waals surface area contributed by atoms with Crippen LogP contribution in [0.5, 0.6) is 0 Å². The van der Waals surface area contributed by atoms with Gasteiger partial charge in [-0.2, -0.15) is 0 Å². The second kappa shape index (κ2) is 2.82. The summed E-state index contributed by atoms with van der Waals surface area (Å²) in [6.07, 6.45) is 2.80. The maximum absolute atomic E-state index is 10.2. The van der Waals surface area contributed by atoms with Gasteiger partial charge in [-0.05, 0) is 18.8 Å². The van der Waals surface area contributed by atoms with E-state index in [9.17, 15) is 9.59 Å². The number of hydrogen-bond donors (Lipinski definition) is 1. The van der Waals surface area contributed by atoms with Crippen LogP contribution in [-0.2, 0) is 9.59 Å². The molecule has 0 saturated heterocycles. The lowest BCUT2D eigenvalue weighted by molar-refractivity contribution is -0.139. The Morgan fingerprint density at radius 1 is 1.60 bits per heavy atom. The van der Waals surface area contributed by atoms with E-state index in [1.165, 1.54) is 0 Å². The van der Waals surface area contributed by atoms with Crippen LogP contribution in [0.3, 0.4) is 0 Å². The summed E-state index contributed by atoms with van der Waals surface area (Å²) in [7, 11) is 0. The molecule has 0 bridgehead atoms. The zero-order chi connectivity index (χ0) is 7.56. The predicted octanol–water partition coefficient (Wildman–Crippen LogP) is 0.686. The van der Waals surface area contributed by atoms with E-state index < -0.39 is 5.97 Å². The number of carbonyl (C=O) groups is 2. The van der Waals surface area contributed by atoms with E-state index in [2.05, 4.69) is 0 Å². The van der Waals surface area contributed by atoms with Gasteiger partial charge in [0.15, 0.2) is 0 Å². The first-order valence-corrected chi connectivity index (χ1v) is 3.41. The topological polar surface area (TPSA) is 54.4 Å². The van der Waals surface area contributed by atoms with E-state index >= 15 is 0 Å². The van der Waals surface area contributed by atoms with Crippen molar-refractivity contribution in [1.29, 1.82) is 0 Å². The molecule has 56 valence electrons. The van der Waals surface area contributed by atoms with Crippen molar-refractivity contribution in [2.45, 2.75) is 19.3 Å². The van der Waals surface area contributed by atoms with Crippen LogP contribution in [0, 0.1) is 11.8 Å². The average Bonchev–Trinajstić information content (AvgIpc) is 1.82. The molecule has 1 rings (SSSR count). The van der Waals surface area contributed by atoms with Crippen molar-refractivity contribution in [1.82, 2.24) is 0 Å². The first-order valence-electron chi connectivity index (χ1n) is 3.41. The van der Waals surface area contributed by atoms with E-state index in [1.807, 2.05) is 0 Å². The molecule has 0 aliphatic heterocycles. The number of hydrogen-bond acceptors (Lipinski definition) is 2. The first-order chi connectivity index (χ1) is 4.74. The van der Waals surface area contributed by atoms with Gasteiger partial charge in [0.25, 0.3) is 0 Å². The van der Waals surface area contributed by atoms with Crippen LogP contribution in [0.1, 0.15) is 19.3 Å². The molecule has 1 aliphatic carbocycles. The van der Waals surface area contributed by atoms with E-state index in [0.29, 0.717) is 0 Å². The Labute approximate surface area is 59.0 Å². The molecule has 2 atom stereocenters. The lowest BCUT2D eigenvalue weighted by Gasteiger charge is -2.30. The molecular weight excluding hydrogens is 132 g/mol. The van der Waals surface area contributed by atoms with Gasteiger partial charge in [0, 0.05) is 12.3 Å². The average molecular weight is 142 g/mol. The number of aldehydes is 1. The number of carboxylic acid groups (broad SMARTS) is 1. The Hall–Kier alpha value is -0.860. The summed E-state index contributed by atoms with van der Waals surface area (Å²) in [4.78, 5) is 20.3. The van der Waals surface area contributed by atoms with Crippen molar-refractivity contribution in [2.75, 3.05) is 0 Å². The summed E-state index contributed by atoms with van der Waals surface area (Å²) in [5.74, 6) is -0.650. The fourth-order valence-corrected chi connectivity index (χ4v) is 1.25. The van der Waals surface area contributed by atoms with E-state index in [-0.39, 0.29) is 18.3 Å². The standard InChI is InChI=1S/C7H10O3/c8-4-6-2-1-5(6)3-7(9)10/h4-6H,1-3H2,(H,9,10). The van der Waals surface area contributed by atoms with Crippen LogP contribution in [0.4, 0.5) is 0 Å². The molecule has 0 heterocycles. The lowest BCUT2D eigenvalue weighted by atomic mass is 9.73. The molecule has 1 aliphatic rings. The van der Waals surface area contributed by atoms with Crippen LogP contribution >= 0.6 is 0 Å². The van der Waals surface area contributed by atoms with Crippen LogP contribution in [-0.4, -0.2) is 17.4 Å². The molecule has 1 saturated carbocycles. The van der Waals surface area contributed by atoms with Gasteiger partial charge in [0.2, 0.25) is 0 Å². The Balaban J connectivity index is 2.29. The van der Waals surface area contributed by atoms with E-state index in [4.69, 9.17) is 5.11 Å². The van der Waals surface area contributed by atoms with Gasteiger partial charge in [0.05, 0.1) is 0 Å². The summed E-state index contributed by atoms with van der Waals surface area (Å²) in [6.45, 7) is 0. The van der Waals surface area contributed by atoms with Crippen molar-refractivity contribution in [3.63, 3.8) is 0 Å². The highest BCUT2D eigenvalue weighted by molar-refractivity contribution is 5.68. The zero-order valence-electron chi connectivity index (χ0n) is 5.62. The summed E-state index contributed by atoms with van der Waals surface area (Å²) in [6, 6.07) is 0. The Morgan fingerprint density at radius 2 is 2.30 bits per heavy atom. The lowest BCUT2D eigenvalue weighted by Crippen LogP contribution is -2.28. The fourth-order valence-electron chi connectivity index (χ4n) is 1.25. The quantitative estimate of drug-likeness (QED) is 0.590. The first kappa shape index (κ1) is 7.25. The minimum absolute atomic E-state index is 0.0242. The summed E-state index contributed by atoms with van der Waals surface area (Å²) in [5, 5.41) is 8.35. The van der Waals surface area contributed by atoms with Gasteiger partial charge in [-0.25, -0.2) is 0 Å². The molecule has 0 radical (unpaired) electrons. The molecule has 0 spiro atoms. The SMILES string of the molecule is O=CC1CCC1CC(=O)O. The smallest absolute Gasteiger partial charge is 0.303 e. The van der Waals surface area contributed by atoms with Crippen LogP contribution < -0.4 is 0 Å². The molecule has 0 amide bonds. The van der Waals surface area contributed by atoms with Crippen molar-refractivity contribution in [3.05, 3.63) is 0 Å². The van der Waals surface area contributed by atoms with Crippen LogP contribution in [0.15, 0.2) is 0 Å². The van der Waals surface area contributed by atoms with E-state index in [0.717, 1.165) is 19.1 Å².